The Balaban J connectivity index is 3.34. The Bertz CT molecular complexity index is 246. The van der Waals surface area contributed by atoms with Crippen LogP contribution in [0.15, 0.2) is 23.0 Å². The molecule has 0 aromatic heterocycles. The zero-order valence-corrected chi connectivity index (χ0v) is 10.5. The van der Waals surface area contributed by atoms with E-state index in [0.29, 0.717) is 26.1 Å². The summed E-state index contributed by atoms with van der Waals surface area (Å²) in [6, 6.07) is 0. The minimum atomic E-state index is -0.426. The monoisotopic (exact) mass is 262 g/mol. The molecular formula is C10H14O4S2. The van der Waals surface area contributed by atoms with Gasteiger partial charge < -0.3 is 9.47 Å². The summed E-state index contributed by atoms with van der Waals surface area (Å²) in [4.78, 5) is 21.6. The molecule has 0 radical (unpaired) electrons. The van der Waals surface area contributed by atoms with Crippen LogP contribution in [0.1, 0.15) is 12.8 Å². The van der Waals surface area contributed by atoms with Crippen LogP contribution >= 0.6 is 25.3 Å². The first-order valence-electron chi connectivity index (χ1n) is 4.65. The molecule has 0 aromatic rings. The van der Waals surface area contributed by atoms with Gasteiger partial charge in [0.1, 0.15) is 0 Å². The van der Waals surface area contributed by atoms with Crippen LogP contribution in [-0.2, 0) is 19.1 Å². The van der Waals surface area contributed by atoms with Crippen LogP contribution in [0.3, 0.4) is 0 Å². The molecule has 0 aliphatic carbocycles. The van der Waals surface area contributed by atoms with E-state index in [-0.39, 0.29) is 0 Å². The first-order chi connectivity index (χ1) is 7.70. The number of carbonyl (C=O) groups excluding carboxylic acids is 2. The molecule has 90 valence electrons. The lowest BCUT2D eigenvalue weighted by molar-refractivity contribution is -0.140. The second-order valence-electron chi connectivity index (χ2n) is 2.67. The van der Waals surface area contributed by atoms with Crippen LogP contribution in [0, 0.1) is 0 Å². The Hall–Kier alpha value is -0.880. The molecule has 0 bridgehead atoms. The molecule has 0 unspecified atom stereocenters. The lowest BCUT2D eigenvalue weighted by Gasteiger charge is -2.02. The quantitative estimate of drug-likeness (QED) is 0.317. The second kappa shape index (κ2) is 10.6. The predicted octanol–water partition coefficient (Wildman–Crippen LogP) is 1.74. The minimum Gasteiger partial charge on any atom is -0.463 e. The summed E-state index contributed by atoms with van der Waals surface area (Å²) < 4.78 is 9.59. The molecular weight excluding hydrogens is 248 g/mol. The predicted molar refractivity (Wildman–Crippen MR) is 67.4 cm³/mol. The molecule has 6 heteroatoms. The Morgan fingerprint density at radius 1 is 0.875 bits per heavy atom. The van der Waals surface area contributed by atoms with Gasteiger partial charge in [0.15, 0.2) is 0 Å². The van der Waals surface area contributed by atoms with E-state index >= 15 is 0 Å². The number of ether oxygens (including phenoxy) is 2. The number of hydrogen-bond donors (Lipinski definition) is 2. The molecule has 16 heavy (non-hydrogen) atoms. The molecule has 0 saturated carbocycles. The standard InChI is InChI=1S/C10H14O4S2/c11-9(3-7-15)13-5-1-2-6-14-10(12)4-8-16/h3-4,7-8,15-16H,1-2,5-6H2. The largest absolute Gasteiger partial charge is 0.463 e. The van der Waals surface area contributed by atoms with Crippen molar-refractivity contribution in [1.29, 1.82) is 0 Å². The molecule has 4 nitrogen and oxygen atoms in total. The average molecular weight is 262 g/mol. The van der Waals surface area contributed by atoms with Crippen LogP contribution in [0.2, 0.25) is 0 Å². The summed E-state index contributed by atoms with van der Waals surface area (Å²) in [5.74, 6) is -0.852. The molecule has 0 N–H and O–H groups in total. The van der Waals surface area contributed by atoms with Gasteiger partial charge >= 0.3 is 11.9 Å². The van der Waals surface area contributed by atoms with Gasteiger partial charge in [-0.2, -0.15) is 25.3 Å². The van der Waals surface area contributed by atoms with Gasteiger partial charge in [0, 0.05) is 12.2 Å². The number of esters is 2. The zero-order chi connectivity index (χ0) is 12.2. The Labute approximate surface area is 106 Å². The van der Waals surface area contributed by atoms with Gasteiger partial charge in [-0.25, -0.2) is 9.59 Å². The molecule has 0 spiro atoms. The van der Waals surface area contributed by atoms with E-state index in [2.05, 4.69) is 25.3 Å². The molecule has 0 aliphatic rings. The molecule has 0 heterocycles. The highest BCUT2D eigenvalue weighted by Crippen LogP contribution is 1.94. The third-order valence-electron chi connectivity index (χ3n) is 1.45. The van der Waals surface area contributed by atoms with Crippen LogP contribution in [-0.4, -0.2) is 25.2 Å². The number of thiol groups is 2. The van der Waals surface area contributed by atoms with Crippen molar-refractivity contribution >= 4 is 37.2 Å². The fourth-order valence-electron chi connectivity index (χ4n) is 0.768. The smallest absolute Gasteiger partial charge is 0.331 e. The molecule has 0 atom stereocenters. The molecule has 0 aromatic carbocycles. The van der Waals surface area contributed by atoms with Crippen molar-refractivity contribution in [2.75, 3.05) is 13.2 Å². The molecule has 0 rings (SSSR count). The van der Waals surface area contributed by atoms with Gasteiger partial charge in [0.05, 0.1) is 13.2 Å². The Morgan fingerprint density at radius 2 is 1.25 bits per heavy atom. The normalized spacial score (nSPS) is 10.9. The minimum absolute atomic E-state index is 0.302. The van der Waals surface area contributed by atoms with E-state index in [1.807, 2.05) is 0 Å². The van der Waals surface area contributed by atoms with E-state index in [0.717, 1.165) is 0 Å². The maximum absolute atomic E-state index is 10.8. The van der Waals surface area contributed by atoms with Crippen LogP contribution in [0.4, 0.5) is 0 Å². The van der Waals surface area contributed by atoms with E-state index < -0.39 is 11.9 Å². The van der Waals surface area contributed by atoms with Gasteiger partial charge in [-0.3, -0.25) is 0 Å². The van der Waals surface area contributed by atoms with Crippen molar-refractivity contribution in [3.05, 3.63) is 23.0 Å². The van der Waals surface area contributed by atoms with Crippen molar-refractivity contribution in [3.63, 3.8) is 0 Å². The molecule has 0 amide bonds. The van der Waals surface area contributed by atoms with Gasteiger partial charge in [-0.15, -0.1) is 0 Å². The third-order valence-corrected chi connectivity index (χ3v) is 1.75. The van der Waals surface area contributed by atoms with Crippen molar-refractivity contribution in [2.45, 2.75) is 12.8 Å². The van der Waals surface area contributed by atoms with Gasteiger partial charge in [0.25, 0.3) is 0 Å². The average Bonchev–Trinajstić information content (AvgIpc) is 2.24. The number of hydrogen-bond acceptors (Lipinski definition) is 6. The van der Waals surface area contributed by atoms with Gasteiger partial charge in [-0.05, 0) is 23.7 Å². The zero-order valence-electron chi connectivity index (χ0n) is 8.67. The van der Waals surface area contributed by atoms with E-state index in [9.17, 15) is 9.59 Å². The summed E-state index contributed by atoms with van der Waals surface area (Å²) in [7, 11) is 0. The third kappa shape index (κ3) is 9.67. The first kappa shape index (κ1) is 15.1. The van der Waals surface area contributed by atoms with Crippen LogP contribution in [0.25, 0.3) is 0 Å². The maximum Gasteiger partial charge on any atom is 0.331 e. The lowest BCUT2D eigenvalue weighted by atomic mass is 10.3. The highest BCUT2D eigenvalue weighted by molar-refractivity contribution is 7.83. The van der Waals surface area contributed by atoms with E-state index in [1.54, 1.807) is 0 Å². The fraction of sp³-hybridized carbons (Fsp3) is 0.400. The summed E-state index contributed by atoms with van der Waals surface area (Å²) in [6.07, 6.45) is 3.73. The van der Waals surface area contributed by atoms with Crippen LogP contribution < -0.4 is 0 Å². The summed E-state index contributed by atoms with van der Waals surface area (Å²) in [6.45, 7) is 0.605. The summed E-state index contributed by atoms with van der Waals surface area (Å²) in [5.41, 5.74) is 0. The van der Waals surface area contributed by atoms with Crippen LogP contribution in [0.5, 0.6) is 0 Å². The molecule has 0 saturated heterocycles. The highest BCUT2D eigenvalue weighted by atomic mass is 32.1. The molecule has 0 fully saturated rings. The number of carbonyl (C=O) groups is 2. The SMILES string of the molecule is O=C(C=CS)OCCCCOC(=O)C=CS. The van der Waals surface area contributed by atoms with Crippen molar-refractivity contribution in [1.82, 2.24) is 0 Å². The summed E-state index contributed by atoms with van der Waals surface area (Å²) >= 11 is 7.46. The Kier molecular flexibility index (Phi) is 10.0. The topological polar surface area (TPSA) is 52.6 Å². The maximum atomic E-state index is 10.8. The second-order valence-corrected chi connectivity index (χ2v) is 3.27. The summed E-state index contributed by atoms with van der Waals surface area (Å²) in [5, 5.41) is 2.63. The van der Waals surface area contributed by atoms with Crippen molar-refractivity contribution in [2.24, 2.45) is 0 Å². The highest BCUT2D eigenvalue weighted by Gasteiger charge is 1.98. The number of unbranched alkanes of at least 4 members (excludes halogenated alkanes) is 1. The van der Waals surface area contributed by atoms with E-state index in [4.69, 9.17) is 9.47 Å². The van der Waals surface area contributed by atoms with Crippen molar-refractivity contribution < 1.29 is 19.1 Å². The first-order valence-corrected chi connectivity index (χ1v) is 5.69. The number of rotatable bonds is 7. The van der Waals surface area contributed by atoms with Gasteiger partial charge in [0.2, 0.25) is 0 Å². The molecule has 0 aliphatic heterocycles. The van der Waals surface area contributed by atoms with E-state index in [1.165, 1.54) is 23.0 Å². The van der Waals surface area contributed by atoms with Gasteiger partial charge in [-0.1, -0.05) is 0 Å². The lowest BCUT2D eigenvalue weighted by Crippen LogP contribution is -2.05. The Morgan fingerprint density at radius 3 is 1.56 bits per heavy atom. The fourth-order valence-corrected chi connectivity index (χ4v) is 1.01. The van der Waals surface area contributed by atoms with Crippen molar-refractivity contribution in [3.8, 4) is 0 Å².